The van der Waals surface area contributed by atoms with Crippen molar-refractivity contribution >= 4 is 15.9 Å². The van der Waals surface area contributed by atoms with Gasteiger partial charge in [-0.2, -0.15) is 0 Å². The Kier molecular flexibility index (Phi) is 4.92. The number of hydrazine groups is 1. The summed E-state index contributed by atoms with van der Waals surface area (Å²) in [6.45, 7) is 2.24. The van der Waals surface area contributed by atoms with Gasteiger partial charge < -0.3 is 0 Å². The van der Waals surface area contributed by atoms with Crippen molar-refractivity contribution in [1.82, 2.24) is 5.43 Å². The molecule has 1 fully saturated rings. The summed E-state index contributed by atoms with van der Waals surface area (Å²) in [5.41, 5.74) is 3.47. The maximum absolute atomic E-state index is 13.6. The highest BCUT2D eigenvalue weighted by molar-refractivity contribution is 9.10. The van der Waals surface area contributed by atoms with Gasteiger partial charge in [0.25, 0.3) is 0 Å². The summed E-state index contributed by atoms with van der Waals surface area (Å²) in [5, 5.41) is 0. The van der Waals surface area contributed by atoms with E-state index in [0.29, 0.717) is 11.5 Å². The van der Waals surface area contributed by atoms with Crippen LogP contribution >= 0.6 is 15.9 Å². The first kappa shape index (κ1) is 14.9. The summed E-state index contributed by atoms with van der Waals surface area (Å²) in [6.07, 6.45) is 4.43. The van der Waals surface area contributed by atoms with Crippen LogP contribution < -0.4 is 11.3 Å². The van der Waals surface area contributed by atoms with Crippen molar-refractivity contribution in [3.63, 3.8) is 0 Å². The number of halogens is 3. The van der Waals surface area contributed by atoms with Crippen LogP contribution in [0, 0.1) is 23.5 Å². The predicted molar refractivity (Wildman–Crippen MR) is 75.2 cm³/mol. The van der Waals surface area contributed by atoms with Crippen molar-refractivity contribution in [3.8, 4) is 0 Å². The van der Waals surface area contributed by atoms with E-state index in [-0.39, 0.29) is 10.5 Å². The minimum Gasteiger partial charge on any atom is -0.271 e. The van der Waals surface area contributed by atoms with Gasteiger partial charge in [0.15, 0.2) is 11.6 Å². The third-order valence-corrected chi connectivity index (χ3v) is 4.92. The summed E-state index contributed by atoms with van der Waals surface area (Å²) in [6, 6.07) is 2.62. The van der Waals surface area contributed by atoms with E-state index in [1.165, 1.54) is 0 Å². The summed E-state index contributed by atoms with van der Waals surface area (Å²) >= 11 is 3.14. The van der Waals surface area contributed by atoms with Gasteiger partial charge in [0.2, 0.25) is 0 Å². The SMILES string of the molecule is CC1CCC(C(NN)c2ccc(F)c(F)c2Br)CC1. The van der Waals surface area contributed by atoms with Crippen molar-refractivity contribution < 1.29 is 8.78 Å². The molecular weight excluding hydrogens is 314 g/mol. The molecule has 1 aromatic rings. The van der Waals surface area contributed by atoms with E-state index in [0.717, 1.165) is 37.7 Å². The Hall–Kier alpha value is -0.520. The third kappa shape index (κ3) is 3.15. The van der Waals surface area contributed by atoms with Crippen molar-refractivity contribution in [3.05, 3.63) is 33.8 Å². The van der Waals surface area contributed by atoms with E-state index in [4.69, 9.17) is 5.84 Å². The molecule has 2 rings (SSSR count). The van der Waals surface area contributed by atoms with Crippen LogP contribution in [0.15, 0.2) is 16.6 Å². The summed E-state index contributed by atoms with van der Waals surface area (Å²) in [4.78, 5) is 0. The van der Waals surface area contributed by atoms with Crippen LogP contribution in [0.25, 0.3) is 0 Å². The van der Waals surface area contributed by atoms with E-state index in [9.17, 15) is 8.78 Å². The zero-order valence-electron chi connectivity index (χ0n) is 10.9. The smallest absolute Gasteiger partial charge is 0.173 e. The van der Waals surface area contributed by atoms with E-state index in [2.05, 4.69) is 28.3 Å². The summed E-state index contributed by atoms with van der Waals surface area (Å²) < 4.78 is 27.0. The molecule has 3 N–H and O–H groups in total. The van der Waals surface area contributed by atoms with E-state index in [1.54, 1.807) is 6.07 Å². The van der Waals surface area contributed by atoms with Crippen LogP contribution in [-0.4, -0.2) is 0 Å². The molecule has 1 unspecified atom stereocenters. The molecule has 106 valence electrons. The minimum absolute atomic E-state index is 0.142. The molecule has 0 heterocycles. The van der Waals surface area contributed by atoms with E-state index in [1.807, 2.05) is 0 Å². The summed E-state index contributed by atoms with van der Waals surface area (Å²) in [7, 11) is 0. The van der Waals surface area contributed by atoms with Crippen LogP contribution in [0.3, 0.4) is 0 Å². The van der Waals surface area contributed by atoms with Crippen molar-refractivity contribution in [2.45, 2.75) is 38.6 Å². The largest absolute Gasteiger partial charge is 0.271 e. The fourth-order valence-electron chi connectivity index (χ4n) is 2.88. The van der Waals surface area contributed by atoms with Crippen LogP contribution in [0.1, 0.15) is 44.2 Å². The van der Waals surface area contributed by atoms with Gasteiger partial charge in [-0.3, -0.25) is 11.3 Å². The highest BCUT2D eigenvalue weighted by Crippen LogP contribution is 2.39. The monoisotopic (exact) mass is 332 g/mol. The molecule has 0 radical (unpaired) electrons. The Morgan fingerprint density at radius 3 is 2.47 bits per heavy atom. The fraction of sp³-hybridized carbons (Fsp3) is 0.571. The maximum Gasteiger partial charge on any atom is 0.173 e. The Labute approximate surface area is 120 Å². The average molecular weight is 333 g/mol. The highest BCUT2D eigenvalue weighted by Gasteiger charge is 2.29. The molecule has 5 heteroatoms. The molecule has 1 aromatic carbocycles. The molecule has 19 heavy (non-hydrogen) atoms. The first-order valence-corrected chi connectivity index (χ1v) is 7.43. The maximum atomic E-state index is 13.6. The van der Waals surface area contributed by atoms with Gasteiger partial charge in [-0.1, -0.05) is 25.8 Å². The van der Waals surface area contributed by atoms with Crippen molar-refractivity contribution in [2.24, 2.45) is 17.7 Å². The van der Waals surface area contributed by atoms with E-state index >= 15 is 0 Å². The molecule has 1 aliphatic carbocycles. The second-order valence-electron chi connectivity index (χ2n) is 5.43. The molecule has 2 nitrogen and oxygen atoms in total. The van der Waals surface area contributed by atoms with Crippen LogP contribution in [0.4, 0.5) is 8.78 Å². The molecule has 0 aromatic heterocycles. The van der Waals surface area contributed by atoms with Crippen molar-refractivity contribution in [2.75, 3.05) is 0 Å². The lowest BCUT2D eigenvalue weighted by molar-refractivity contribution is 0.231. The molecule has 0 aliphatic heterocycles. The minimum atomic E-state index is -0.845. The Morgan fingerprint density at radius 2 is 1.89 bits per heavy atom. The number of rotatable bonds is 3. The number of benzene rings is 1. The second-order valence-corrected chi connectivity index (χ2v) is 6.22. The Bertz CT molecular complexity index is 445. The van der Waals surface area contributed by atoms with Crippen molar-refractivity contribution in [1.29, 1.82) is 0 Å². The fourth-order valence-corrected chi connectivity index (χ4v) is 3.45. The number of hydrogen-bond donors (Lipinski definition) is 2. The van der Waals surface area contributed by atoms with Gasteiger partial charge in [0, 0.05) is 6.04 Å². The Morgan fingerprint density at radius 1 is 1.26 bits per heavy atom. The zero-order valence-corrected chi connectivity index (χ0v) is 12.5. The highest BCUT2D eigenvalue weighted by atomic mass is 79.9. The number of nitrogens with one attached hydrogen (secondary N) is 1. The quantitative estimate of drug-likeness (QED) is 0.497. The number of nitrogens with two attached hydrogens (primary N) is 1. The van der Waals surface area contributed by atoms with Gasteiger partial charge in [-0.25, -0.2) is 8.78 Å². The second kappa shape index (κ2) is 6.29. The topological polar surface area (TPSA) is 38.0 Å². The van der Waals surface area contributed by atoms with Crippen LogP contribution in [-0.2, 0) is 0 Å². The summed E-state index contributed by atoms with van der Waals surface area (Å²) in [5.74, 6) is 5.05. The first-order valence-electron chi connectivity index (χ1n) is 6.64. The molecule has 1 aliphatic rings. The van der Waals surface area contributed by atoms with Crippen LogP contribution in [0.5, 0.6) is 0 Å². The molecule has 0 bridgehead atoms. The zero-order chi connectivity index (χ0) is 14.0. The molecule has 1 atom stereocenters. The first-order chi connectivity index (χ1) is 9.04. The van der Waals surface area contributed by atoms with Gasteiger partial charge in [-0.15, -0.1) is 0 Å². The molecule has 0 amide bonds. The lowest BCUT2D eigenvalue weighted by atomic mass is 9.77. The molecule has 0 saturated heterocycles. The standard InChI is InChI=1S/C14H19BrF2N2/c1-8-2-4-9(5-3-8)14(19-18)10-6-7-11(16)13(17)12(10)15/h6-9,14,19H,2-5,18H2,1H3. The lowest BCUT2D eigenvalue weighted by Crippen LogP contribution is -2.35. The normalized spacial score (nSPS) is 25.3. The predicted octanol–water partition coefficient (Wildman–Crippen LogP) is 4.06. The Balaban J connectivity index is 2.25. The van der Waals surface area contributed by atoms with E-state index < -0.39 is 11.6 Å². The van der Waals surface area contributed by atoms with Gasteiger partial charge in [-0.05, 0) is 52.2 Å². The molecule has 1 saturated carbocycles. The molecule has 0 spiro atoms. The number of hydrogen-bond acceptors (Lipinski definition) is 2. The van der Waals surface area contributed by atoms with Gasteiger partial charge >= 0.3 is 0 Å². The lowest BCUT2D eigenvalue weighted by Gasteiger charge is -2.33. The average Bonchev–Trinajstić information content (AvgIpc) is 2.41. The van der Waals surface area contributed by atoms with Gasteiger partial charge in [0.1, 0.15) is 0 Å². The molecular formula is C14H19BrF2N2. The van der Waals surface area contributed by atoms with Gasteiger partial charge in [0.05, 0.1) is 4.47 Å². The third-order valence-electron chi connectivity index (χ3n) is 4.11. The van der Waals surface area contributed by atoms with Crippen LogP contribution in [0.2, 0.25) is 0 Å².